The van der Waals surface area contributed by atoms with Gasteiger partial charge in [-0.3, -0.25) is 4.79 Å². The number of Topliss-reactive ketones (excluding diaryl/α,β-unsaturated/α-hetero) is 1. The van der Waals surface area contributed by atoms with Crippen LogP contribution >= 0.6 is 11.6 Å². The Labute approximate surface area is 166 Å². The highest BCUT2D eigenvalue weighted by Gasteiger charge is 2.26. The summed E-state index contributed by atoms with van der Waals surface area (Å²) in [7, 11) is 0. The van der Waals surface area contributed by atoms with Gasteiger partial charge in [0.15, 0.2) is 11.4 Å². The number of hydrogen-bond acceptors (Lipinski definition) is 4. The number of ether oxygens (including phenoxy) is 2. The molecule has 0 heterocycles. The van der Waals surface area contributed by atoms with Crippen molar-refractivity contribution in [1.82, 2.24) is 5.32 Å². The fourth-order valence-corrected chi connectivity index (χ4v) is 2.58. The van der Waals surface area contributed by atoms with E-state index in [-0.39, 0.29) is 5.78 Å². The number of ketones is 1. The molecule has 0 spiro atoms. The fraction of sp³-hybridized carbons (Fsp3) is 0.409. The Kier molecular flexibility index (Phi) is 8.14. The number of hydrogen-bond donors (Lipinski definition) is 1. The van der Waals surface area contributed by atoms with Crippen LogP contribution in [0.2, 0.25) is 5.02 Å². The lowest BCUT2D eigenvalue weighted by Gasteiger charge is -2.25. The number of carbonyl (C=O) groups excluding carboxylic acids is 1. The molecule has 0 aromatic heterocycles. The Morgan fingerprint density at radius 1 is 1.07 bits per heavy atom. The van der Waals surface area contributed by atoms with Crippen LogP contribution in [-0.2, 0) is 11.2 Å². The lowest BCUT2D eigenvalue weighted by atomic mass is 10.0. The second-order valence-corrected chi connectivity index (χ2v) is 7.37. The standard InChI is InChI=1S/C22H28ClNO3/c1-17(25)22(2,3)27-21-9-5-4-7-18(21)8-6-14-24-15-16-26-20-12-10-19(23)11-13-20/h4-5,7,9-13,24H,6,8,14-16H2,1-3H3. The van der Waals surface area contributed by atoms with Gasteiger partial charge in [-0.2, -0.15) is 0 Å². The van der Waals surface area contributed by atoms with Gasteiger partial charge in [0, 0.05) is 11.6 Å². The summed E-state index contributed by atoms with van der Waals surface area (Å²) in [6, 6.07) is 15.3. The normalized spacial score (nSPS) is 11.3. The van der Waals surface area contributed by atoms with Crippen LogP contribution in [0, 0.1) is 0 Å². The molecule has 27 heavy (non-hydrogen) atoms. The second kappa shape index (κ2) is 10.3. The van der Waals surface area contributed by atoms with Crippen LogP contribution in [0.3, 0.4) is 0 Å². The van der Waals surface area contributed by atoms with Crippen LogP contribution in [0.25, 0.3) is 0 Å². The van der Waals surface area contributed by atoms with Gasteiger partial charge in [-0.15, -0.1) is 0 Å². The summed E-state index contributed by atoms with van der Waals surface area (Å²) in [5, 5.41) is 4.08. The van der Waals surface area contributed by atoms with Gasteiger partial charge in [0.1, 0.15) is 18.1 Å². The smallest absolute Gasteiger partial charge is 0.172 e. The zero-order valence-corrected chi connectivity index (χ0v) is 17.0. The molecule has 2 rings (SSSR count). The molecule has 0 fully saturated rings. The van der Waals surface area contributed by atoms with Crippen LogP contribution in [0.4, 0.5) is 0 Å². The number of halogens is 1. The molecule has 0 atom stereocenters. The Balaban J connectivity index is 1.69. The Hall–Kier alpha value is -2.04. The van der Waals surface area contributed by atoms with E-state index < -0.39 is 5.60 Å². The number of benzene rings is 2. The predicted octanol–water partition coefficient (Wildman–Crippen LogP) is 4.69. The molecule has 0 saturated carbocycles. The van der Waals surface area contributed by atoms with E-state index in [4.69, 9.17) is 21.1 Å². The van der Waals surface area contributed by atoms with Crippen molar-refractivity contribution < 1.29 is 14.3 Å². The SMILES string of the molecule is CC(=O)C(C)(C)Oc1ccccc1CCCNCCOc1ccc(Cl)cc1. The van der Waals surface area contributed by atoms with Gasteiger partial charge in [-0.1, -0.05) is 29.8 Å². The monoisotopic (exact) mass is 389 g/mol. The maximum atomic E-state index is 11.7. The zero-order valence-electron chi connectivity index (χ0n) is 16.3. The quantitative estimate of drug-likeness (QED) is 0.566. The van der Waals surface area contributed by atoms with Gasteiger partial charge in [-0.05, 0) is 76.1 Å². The summed E-state index contributed by atoms with van der Waals surface area (Å²) in [4.78, 5) is 11.7. The topological polar surface area (TPSA) is 47.6 Å². The molecular weight excluding hydrogens is 362 g/mol. The van der Waals surface area contributed by atoms with Gasteiger partial charge in [0.2, 0.25) is 0 Å². The van der Waals surface area contributed by atoms with Gasteiger partial charge in [-0.25, -0.2) is 0 Å². The Morgan fingerprint density at radius 2 is 1.78 bits per heavy atom. The van der Waals surface area contributed by atoms with E-state index in [2.05, 4.69) is 11.4 Å². The summed E-state index contributed by atoms with van der Waals surface area (Å²) < 4.78 is 11.6. The average Bonchev–Trinajstić information content (AvgIpc) is 2.63. The van der Waals surface area contributed by atoms with Crippen LogP contribution in [0.1, 0.15) is 32.8 Å². The van der Waals surface area contributed by atoms with Gasteiger partial charge in [0.25, 0.3) is 0 Å². The summed E-state index contributed by atoms with van der Waals surface area (Å²) >= 11 is 5.85. The van der Waals surface area contributed by atoms with Crippen molar-refractivity contribution >= 4 is 17.4 Å². The zero-order chi connectivity index (χ0) is 19.7. The Morgan fingerprint density at radius 3 is 2.48 bits per heavy atom. The minimum atomic E-state index is -0.812. The fourth-order valence-electron chi connectivity index (χ4n) is 2.46. The first-order valence-corrected chi connectivity index (χ1v) is 9.63. The molecule has 0 saturated heterocycles. The largest absolute Gasteiger partial charge is 0.492 e. The van der Waals surface area contributed by atoms with Crippen molar-refractivity contribution in [3.05, 3.63) is 59.1 Å². The number of carbonyl (C=O) groups is 1. The number of rotatable bonds is 11. The first-order chi connectivity index (χ1) is 12.9. The predicted molar refractivity (Wildman–Crippen MR) is 110 cm³/mol. The van der Waals surface area contributed by atoms with Crippen LogP contribution in [-0.4, -0.2) is 31.1 Å². The molecule has 2 aromatic rings. The molecule has 4 nitrogen and oxygen atoms in total. The third kappa shape index (κ3) is 7.24. The van der Waals surface area contributed by atoms with E-state index in [0.717, 1.165) is 43.0 Å². The lowest BCUT2D eigenvalue weighted by molar-refractivity contribution is -0.129. The third-order valence-electron chi connectivity index (χ3n) is 4.35. The maximum Gasteiger partial charge on any atom is 0.172 e. The summed E-state index contributed by atoms with van der Waals surface area (Å²) in [6.07, 6.45) is 1.86. The molecule has 0 aliphatic rings. The van der Waals surface area contributed by atoms with E-state index in [1.165, 1.54) is 0 Å². The highest BCUT2D eigenvalue weighted by atomic mass is 35.5. The number of aryl methyl sites for hydroxylation is 1. The molecule has 0 amide bonds. The van der Waals surface area contributed by atoms with Crippen LogP contribution < -0.4 is 14.8 Å². The molecular formula is C22H28ClNO3. The van der Waals surface area contributed by atoms with E-state index in [9.17, 15) is 4.79 Å². The third-order valence-corrected chi connectivity index (χ3v) is 4.60. The molecule has 1 N–H and O–H groups in total. The van der Waals surface area contributed by atoms with Gasteiger partial charge in [0.05, 0.1) is 0 Å². The second-order valence-electron chi connectivity index (χ2n) is 6.93. The Bertz CT molecular complexity index is 729. The molecule has 0 aliphatic heterocycles. The molecule has 2 aromatic carbocycles. The lowest BCUT2D eigenvalue weighted by Crippen LogP contribution is -2.36. The molecule has 0 aliphatic carbocycles. The summed E-state index contributed by atoms with van der Waals surface area (Å²) in [5.41, 5.74) is 0.305. The molecule has 146 valence electrons. The van der Waals surface area contributed by atoms with Crippen molar-refractivity contribution in [3.63, 3.8) is 0 Å². The average molecular weight is 390 g/mol. The van der Waals surface area contributed by atoms with E-state index in [0.29, 0.717) is 11.6 Å². The van der Waals surface area contributed by atoms with Crippen molar-refractivity contribution in [3.8, 4) is 11.5 Å². The summed E-state index contributed by atoms with van der Waals surface area (Å²) in [6.45, 7) is 7.42. The van der Waals surface area contributed by atoms with E-state index >= 15 is 0 Å². The molecule has 5 heteroatoms. The van der Waals surface area contributed by atoms with E-state index in [1.54, 1.807) is 20.8 Å². The number of para-hydroxylation sites is 1. The molecule has 0 bridgehead atoms. The molecule has 0 unspecified atom stereocenters. The molecule has 0 radical (unpaired) electrons. The van der Waals surface area contributed by atoms with Crippen molar-refractivity contribution in [2.75, 3.05) is 19.7 Å². The van der Waals surface area contributed by atoms with Gasteiger partial charge < -0.3 is 14.8 Å². The summed E-state index contributed by atoms with van der Waals surface area (Å²) in [5.74, 6) is 1.61. The van der Waals surface area contributed by atoms with E-state index in [1.807, 2.05) is 42.5 Å². The van der Waals surface area contributed by atoms with Crippen molar-refractivity contribution in [2.24, 2.45) is 0 Å². The minimum absolute atomic E-state index is 0.0136. The van der Waals surface area contributed by atoms with Crippen molar-refractivity contribution in [2.45, 2.75) is 39.2 Å². The van der Waals surface area contributed by atoms with Gasteiger partial charge >= 0.3 is 0 Å². The van der Waals surface area contributed by atoms with Crippen LogP contribution in [0.5, 0.6) is 11.5 Å². The first kappa shape index (κ1) is 21.3. The van der Waals surface area contributed by atoms with Crippen LogP contribution in [0.15, 0.2) is 48.5 Å². The highest BCUT2D eigenvalue weighted by molar-refractivity contribution is 6.30. The highest BCUT2D eigenvalue weighted by Crippen LogP contribution is 2.24. The first-order valence-electron chi connectivity index (χ1n) is 9.25. The van der Waals surface area contributed by atoms with Crippen molar-refractivity contribution in [1.29, 1.82) is 0 Å². The maximum absolute atomic E-state index is 11.7. The minimum Gasteiger partial charge on any atom is -0.492 e. The number of nitrogens with one attached hydrogen (secondary N) is 1.